The third-order valence-corrected chi connectivity index (χ3v) is 8.17. The molecule has 2 heterocycles. The van der Waals surface area contributed by atoms with Crippen molar-refractivity contribution >= 4 is 44.7 Å². The van der Waals surface area contributed by atoms with E-state index in [1.54, 1.807) is 17.4 Å². The van der Waals surface area contributed by atoms with Crippen LogP contribution in [0.1, 0.15) is 34.5 Å². The number of thiophene rings is 1. The Bertz CT molecular complexity index is 1230. The SMILES string of the molecule is COC(=O)c1cc(-c2c(C)sc3cc(Cl)c(F)cc23)ccc1N1CCO[C@@H](CNC2CCC2)C1. The van der Waals surface area contributed by atoms with E-state index < -0.39 is 5.82 Å². The van der Waals surface area contributed by atoms with E-state index >= 15 is 0 Å². The highest BCUT2D eigenvalue weighted by Gasteiger charge is 2.27. The average molecular weight is 503 g/mol. The Morgan fingerprint density at radius 3 is 2.88 bits per heavy atom. The van der Waals surface area contributed by atoms with Crippen LogP contribution in [0.15, 0.2) is 30.3 Å². The van der Waals surface area contributed by atoms with E-state index in [-0.39, 0.29) is 17.1 Å². The van der Waals surface area contributed by atoms with Crippen molar-refractivity contribution in [2.45, 2.75) is 38.3 Å². The largest absolute Gasteiger partial charge is 0.465 e. The van der Waals surface area contributed by atoms with Gasteiger partial charge in [-0.2, -0.15) is 0 Å². The van der Waals surface area contributed by atoms with Crippen LogP contribution in [-0.2, 0) is 9.47 Å². The summed E-state index contributed by atoms with van der Waals surface area (Å²) < 4.78 is 26.3. The third kappa shape index (κ3) is 4.54. The first-order valence-corrected chi connectivity index (χ1v) is 12.8. The number of ether oxygens (including phenoxy) is 2. The van der Waals surface area contributed by atoms with Crippen LogP contribution in [0.4, 0.5) is 10.1 Å². The molecular formula is C26H28ClFN2O3S. The lowest BCUT2D eigenvalue weighted by atomic mass is 9.93. The summed E-state index contributed by atoms with van der Waals surface area (Å²) in [6, 6.07) is 9.57. The summed E-state index contributed by atoms with van der Waals surface area (Å²) in [6.45, 7) is 4.81. The van der Waals surface area contributed by atoms with Gasteiger partial charge in [-0.3, -0.25) is 0 Å². The zero-order valence-electron chi connectivity index (χ0n) is 19.3. The van der Waals surface area contributed by atoms with Gasteiger partial charge >= 0.3 is 5.97 Å². The average Bonchev–Trinajstić information content (AvgIpc) is 3.12. The van der Waals surface area contributed by atoms with Crippen molar-refractivity contribution in [3.8, 4) is 11.1 Å². The molecule has 1 aliphatic carbocycles. The number of carbonyl (C=O) groups is 1. The molecule has 3 aromatic rings. The molecule has 180 valence electrons. The Morgan fingerprint density at radius 2 is 2.15 bits per heavy atom. The summed E-state index contributed by atoms with van der Waals surface area (Å²) in [7, 11) is 1.39. The molecule has 34 heavy (non-hydrogen) atoms. The van der Waals surface area contributed by atoms with Crippen molar-refractivity contribution in [2.75, 3.05) is 38.3 Å². The molecule has 0 spiro atoms. The Kier molecular flexibility index (Phi) is 6.80. The van der Waals surface area contributed by atoms with Crippen LogP contribution in [0, 0.1) is 12.7 Å². The molecule has 8 heteroatoms. The first-order valence-electron chi connectivity index (χ1n) is 11.7. The van der Waals surface area contributed by atoms with Crippen LogP contribution >= 0.6 is 22.9 Å². The first kappa shape index (κ1) is 23.5. The van der Waals surface area contributed by atoms with Gasteiger partial charge in [0.05, 0.1) is 36.1 Å². The van der Waals surface area contributed by atoms with Crippen LogP contribution in [0.2, 0.25) is 5.02 Å². The van der Waals surface area contributed by atoms with Gasteiger partial charge in [-0.15, -0.1) is 11.3 Å². The van der Waals surface area contributed by atoms with Crippen molar-refractivity contribution in [1.82, 2.24) is 5.32 Å². The fourth-order valence-corrected chi connectivity index (χ4v) is 6.12. The van der Waals surface area contributed by atoms with Crippen molar-refractivity contribution in [3.05, 3.63) is 51.6 Å². The maximum atomic E-state index is 14.3. The Hall–Kier alpha value is -2.19. The van der Waals surface area contributed by atoms with E-state index in [1.807, 2.05) is 25.1 Å². The number of anilines is 1. The third-order valence-electron chi connectivity index (χ3n) is 6.82. The number of morpholine rings is 1. The fraction of sp³-hybridized carbons (Fsp3) is 0.423. The van der Waals surface area contributed by atoms with E-state index in [9.17, 15) is 9.18 Å². The number of carbonyl (C=O) groups excluding carboxylic acids is 1. The Morgan fingerprint density at radius 1 is 1.32 bits per heavy atom. The molecule has 1 aromatic heterocycles. The maximum absolute atomic E-state index is 14.3. The van der Waals surface area contributed by atoms with Gasteiger partial charge in [-0.1, -0.05) is 24.1 Å². The number of aryl methyl sites for hydroxylation is 1. The van der Waals surface area contributed by atoms with Gasteiger partial charge in [0.1, 0.15) is 5.82 Å². The fourth-order valence-electron chi connectivity index (χ4n) is 4.79. The molecule has 0 bridgehead atoms. The minimum absolute atomic E-state index is 0.0651. The second kappa shape index (κ2) is 9.82. The summed E-state index contributed by atoms with van der Waals surface area (Å²) in [6.07, 6.45) is 3.83. The van der Waals surface area contributed by atoms with Crippen LogP contribution in [-0.4, -0.2) is 51.5 Å². The number of methoxy groups -OCH3 is 1. The van der Waals surface area contributed by atoms with Gasteiger partial charge in [-0.05, 0) is 49.6 Å². The lowest BCUT2D eigenvalue weighted by molar-refractivity contribution is 0.0369. The molecule has 1 aliphatic heterocycles. The molecule has 0 unspecified atom stereocenters. The number of nitrogens with zero attached hydrogens (tertiary/aromatic N) is 1. The van der Waals surface area contributed by atoms with Gasteiger partial charge in [0, 0.05) is 46.2 Å². The van der Waals surface area contributed by atoms with Gasteiger partial charge in [-0.25, -0.2) is 9.18 Å². The number of esters is 1. The molecule has 1 saturated carbocycles. The van der Waals surface area contributed by atoms with Crippen LogP contribution in [0.3, 0.4) is 0 Å². The van der Waals surface area contributed by atoms with Crippen molar-refractivity contribution in [3.63, 3.8) is 0 Å². The van der Waals surface area contributed by atoms with Crippen molar-refractivity contribution in [1.29, 1.82) is 0 Å². The van der Waals surface area contributed by atoms with E-state index in [0.29, 0.717) is 31.3 Å². The molecular weight excluding hydrogens is 475 g/mol. The van der Waals surface area contributed by atoms with Crippen LogP contribution in [0.25, 0.3) is 21.2 Å². The number of hydrogen-bond donors (Lipinski definition) is 1. The molecule has 1 atom stereocenters. The van der Waals surface area contributed by atoms with Crippen molar-refractivity contribution in [2.24, 2.45) is 0 Å². The zero-order valence-corrected chi connectivity index (χ0v) is 20.9. The number of halogens is 2. The smallest absolute Gasteiger partial charge is 0.339 e. The molecule has 1 saturated heterocycles. The molecule has 2 aromatic carbocycles. The number of nitrogens with one attached hydrogen (secondary N) is 1. The van der Waals surface area contributed by atoms with E-state index in [1.165, 1.54) is 32.4 Å². The standard InChI is InChI=1S/C26H28ClFN2O3S/c1-15-25(20-11-22(28)21(27)12-24(20)34-15)16-6-7-23(19(10-16)26(31)32-2)30-8-9-33-18(14-30)13-29-17-4-3-5-17/h6-7,10-12,17-18,29H,3-5,8-9,13-14H2,1-2H3/t18-/m0/s1. The molecule has 0 radical (unpaired) electrons. The number of benzene rings is 2. The maximum Gasteiger partial charge on any atom is 0.339 e. The minimum Gasteiger partial charge on any atom is -0.465 e. The molecule has 2 aliphatic rings. The summed E-state index contributed by atoms with van der Waals surface area (Å²) in [4.78, 5) is 16.1. The predicted molar refractivity (Wildman–Crippen MR) is 136 cm³/mol. The lowest BCUT2D eigenvalue weighted by Crippen LogP contribution is -2.49. The lowest BCUT2D eigenvalue weighted by Gasteiger charge is -2.37. The summed E-state index contributed by atoms with van der Waals surface area (Å²) in [5, 5.41) is 4.49. The second-order valence-electron chi connectivity index (χ2n) is 8.99. The molecule has 2 fully saturated rings. The predicted octanol–water partition coefficient (Wildman–Crippen LogP) is 5.80. The highest BCUT2D eigenvalue weighted by molar-refractivity contribution is 7.19. The topological polar surface area (TPSA) is 50.8 Å². The van der Waals surface area contributed by atoms with E-state index in [2.05, 4.69) is 10.2 Å². The zero-order chi connectivity index (χ0) is 23.8. The normalized spacial score (nSPS) is 18.8. The summed E-state index contributed by atoms with van der Waals surface area (Å²) >= 11 is 7.56. The van der Waals surface area contributed by atoms with Crippen LogP contribution < -0.4 is 10.2 Å². The number of hydrogen-bond acceptors (Lipinski definition) is 6. The van der Waals surface area contributed by atoms with E-state index in [4.69, 9.17) is 21.1 Å². The Labute approximate surface area is 207 Å². The molecule has 1 N–H and O–H groups in total. The summed E-state index contributed by atoms with van der Waals surface area (Å²) in [5.74, 6) is -0.841. The molecule has 5 nitrogen and oxygen atoms in total. The quantitative estimate of drug-likeness (QED) is 0.431. The van der Waals surface area contributed by atoms with Crippen molar-refractivity contribution < 1.29 is 18.7 Å². The molecule has 0 amide bonds. The highest BCUT2D eigenvalue weighted by atomic mass is 35.5. The monoisotopic (exact) mass is 502 g/mol. The first-order chi connectivity index (χ1) is 16.4. The van der Waals surface area contributed by atoms with Gasteiger partial charge in [0.2, 0.25) is 0 Å². The summed E-state index contributed by atoms with van der Waals surface area (Å²) in [5.41, 5.74) is 3.10. The Balaban J connectivity index is 1.47. The van der Waals surface area contributed by atoms with Gasteiger partial charge in [0.15, 0.2) is 0 Å². The van der Waals surface area contributed by atoms with E-state index in [0.717, 1.165) is 38.3 Å². The molecule has 5 rings (SSSR count). The number of rotatable bonds is 6. The minimum atomic E-state index is -0.451. The number of fused-ring (bicyclic) bond motifs is 1. The highest BCUT2D eigenvalue weighted by Crippen LogP contribution is 2.41. The van der Waals surface area contributed by atoms with Gasteiger partial charge in [0.25, 0.3) is 0 Å². The van der Waals surface area contributed by atoms with Crippen LogP contribution in [0.5, 0.6) is 0 Å². The second-order valence-corrected chi connectivity index (χ2v) is 10.7. The van der Waals surface area contributed by atoms with Gasteiger partial charge < -0.3 is 19.7 Å².